The van der Waals surface area contributed by atoms with E-state index in [1.165, 1.54) is 34.1 Å². The van der Waals surface area contributed by atoms with E-state index < -0.39 is 44.1 Å². The number of benzene rings is 2. The zero-order chi connectivity index (χ0) is 43.4. The van der Waals surface area contributed by atoms with Gasteiger partial charge in [-0.15, -0.1) is 0 Å². The molecule has 16 nitrogen and oxygen atoms in total. The number of nitrogens with two attached hydrogens (primary N) is 2. The van der Waals surface area contributed by atoms with Crippen LogP contribution in [-0.4, -0.2) is 94.1 Å². The molecule has 4 heterocycles. The normalized spacial score (nSPS) is 12.7. The third-order valence-electron chi connectivity index (χ3n) is 7.82. The highest BCUT2D eigenvalue weighted by atomic mass is 127. The summed E-state index contributed by atoms with van der Waals surface area (Å²) >= 11 is 25.2. The molecule has 2 aromatic heterocycles. The summed E-state index contributed by atoms with van der Waals surface area (Å²) in [5.41, 5.74) is 14.0. The number of nitrogens with one attached hydrogen (secondary N) is 2. The number of aromatic hydroxyl groups is 2. The molecule has 0 radical (unpaired) electrons. The first-order chi connectivity index (χ1) is 26.8. The van der Waals surface area contributed by atoms with Gasteiger partial charge in [0.05, 0.1) is 66.9 Å². The molecule has 60 heavy (non-hydrogen) atoms. The first kappa shape index (κ1) is 52.1. The molecule has 2 aliphatic heterocycles. The number of alkyl halides is 4. The Balaban J connectivity index is 0.000000329. The molecule has 6 rings (SSSR count). The van der Waals surface area contributed by atoms with E-state index in [1.54, 1.807) is 0 Å². The Morgan fingerprint density at radius 1 is 0.750 bits per heavy atom. The lowest BCUT2D eigenvalue weighted by Crippen LogP contribution is -2.41. The fourth-order valence-electron chi connectivity index (χ4n) is 5.31. The van der Waals surface area contributed by atoms with Gasteiger partial charge >= 0.3 is 19.2 Å². The summed E-state index contributed by atoms with van der Waals surface area (Å²) in [6.45, 7) is 0.635. The molecule has 0 fully saturated rings. The number of phenols is 2. The number of nitrogen functional groups attached to an aromatic ring is 2. The predicted molar refractivity (Wildman–Crippen MR) is 231 cm³/mol. The minimum atomic E-state index is -3.03. The number of fused-ring (bicyclic) bond motifs is 2. The second-order valence-corrected chi connectivity index (χ2v) is 15.5. The van der Waals surface area contributed by atoms with E-state index in [1.807, 2.05) is 22.6 Å². The van der Waals surface area contributed by atoms with E-state index in [0.717, 1.165) is 12.5 Å². The molecule has 0 saturated carbocycles. The number of phenolic OH excluding ortho intramolecular Hbond substituents is 2. The van der Waals surface area contributed by atoms with E-state index in [9.17, 15) is 32.3 Å². The van der Waals surface area contributed by atoms with Gasteiger partial charge < -0.3 is 52.2 Å². The maximum atomic E-state index is 13.0. The molecule has 0 saturated heterocycles. The van der Waals surface area contributed by atoms with Crippen LogP contribution in [0.4, 0.5) is 39.0 Å². The number of hydrogen-bond acceptors (Lipinski definition) is 12. The Bertz CT molecular complexity index is 2170. The summed E-state index contributed by atoms with van der Waals surface area (Å²) < 4.78 is 52.0. The lowest BCUT2D eigenvalue weighted by molar-refractivity contribution is 0.0233. The van der Waals surface area contributed by atoms with Crippen LogP contribution in [0.5, 0.6) is 11.5 Å². The predicted octanol–water partition coefficient (Wildman–Crippen LogP) is 6.41. The molecule has 328 valence electrons. The number of carbonyl (C=O) groups excluding carboxylic acids is 2. The highest BCUT2D eigenvalue weighted by Gasteiger charge is 2.33. The van der Waals surface area contributed by atoms with Crippen LogP contribution in [0.2, 0.25) is 20.1 Å². The topological polar surface area (TPSA) is 249 Å². The summed E-state index contributed by atoms with van der Waals surface area (Å²) in [5, 5.41) is 41.9. The summed E-state index contributed by atoms with van der Waals surface area (Å²) in [7, 11) is -1.80. The van der Waals surface area contributed by atoms with E-state index in [-0.39, 0.29) is 94.7 Å². The van der Waals surface area contributed by atoms with E-state index in [2.05, 4.69) is 30.6 Å². The maximum absolute atomic E-state index is 13.0. The lowest BCUT2D eigenvalue weighted by Gasteiger charge is -2.18. The van der Waals surface area contributed by atoms with Crippen LogP contribution in [0.25, 0.3) is 11.3 Å². The van der Waals surface area contributed by atoms with Gasteiger partial charge in [0.15, 0.2) is 0 Å². The van der Waals surface area contributed by atoms with Crippen molar-refractivity contribution in [1.29, 1.82) is 0 Å². The van der Waals surface area contributed by atoms with Crippen molar-refractivity contribution in [1.82, 2.24) is 40.4 Å². The monoisotopic (exact) mass is 1040 g/mol. The Morgan fingerprint density at radius 3 is 1.63 bits per heavy atom. The van der Waals surface area contributed by atoms with Crippen molar-refractivity contribution in [3.63, 3.8) is 0 Å². The van der Waals surface area contributed by atoms with Gasteiger partial charge in [0.25, 0.3) is 11.8 Å². The quantitative estimate of drug-likeness (QED) is 0.0452. The molecule has 2 aliphatic rings. The van der Waals surface area contributed by atoms with Crippen molar-refractivity contribution in [3.8, 4) is 22.8 Å². The van der Waals surface area contributed by atoms with Crippen molar-refractivity contribution in [2.45, 2.75) is 66.7 Å². The summed E-state index contributed by atoms with van der Waals surface area (Å²) in [5.74, 6) is -6.42. The highest BCUT2D eigenvalue weighted by Crippen LogP contribution is 2.41. The number of anilines is 2. The lowest BCUT2D eigenvalue weighted by atomic mass is 9.79. The number of aromatic nitrogens is 4. The minimum absolute atomic E-state index is 0. The number of urea groups is 2. The van der Waals surface area contributed by atoms with Crippen LogP contribution >= 0.6 is 69.0 Å². The van der Waals surface area contributed by atoms with Gasteiger partial charge in [0.1, 0.15) is 15.2 Å². The molecule has 10 N–H and O–H groups in total. The second-order valence-electron chi connectivity index (χ2n) is 12.8. The van der Waals surface area contributed by atoms with Crippen LogP contribution in [0.15, 0.2) is 24.3 Å². The van der Waals surface area contributed by atoms with E-state index in [4.69, 9.17) is 73.0 Å². The van der Waals surface area contributed by atoms with Gasteiger partial charge in [-0.3, -0.25) is 0 Å². The molecule has 4 amide bonds. The number of hydrogen-bond donors (Lipinski definition) is 8. The Morgan fingerprint density at radius 2 is 1.18 bits per heavy atom. The van der Waals surface area contributed by atoms with E-state index >= 15 is 0 Å². The highest BCUT2D eigenvalue weighted by molar-refractivity contribution is 14.1. The first-order valence-corrected chi connectivity index (χ1v) is 18.9. The molecule has 0 spiro atoms. The maximum Gasteiger partial charge on any atom is 0.493 e. The third kappa shape index (κ3) is 14.0. The van der Waals surface area contributed by atoms with Crippen LogP contribution in [-0.2, 0) is 26.2 Å². The number of rotatable bonds is 6. The summed E-state index contributed by atoms with van der Waals surface area (Å²) in [6, 6.07) is 4.01. The minimum Gasteiger partial charge on any atom is -0.508 e. The first-order valence-electron chi connectivity index (χ1n) is 16.3. The number of amides is 4. The van der Waals surface area contributed by atoms with Crippen molar-refractivity contribution in [2.24, 2.45) is 0 Å². The van der Waals surface area contributed by atoms with Gasteiger partial charge in [0, 0.05) is 45.5 Å². The van der Waals surface area contributed by atoms with Crippen LogP contribution in [0.1, 0.15) is 51.2 Å². The number of nitrogens with zero attached hydrogens (tertiary/aromatic N) is 6. The second kappa shape index (κ2) is 21.1. The molecule has 0 atom stereocenters. The van der Waals surface area contributed by atoms with Gasteiger partial charge in [0.2, 0.25) is 11.9 Å². The fourth-order valence-corrected chi connectivity index (χ4v) is 7.19. The molecular weight excluding hydrogens is 1000 g/mol. The smallest absolute Gasteiger partial charge is 0.493 e. The Labute approximate surface area is 375 Å². The standard InChI is InChI=1S/C16H15Cl2F2N5O2.C10H12F2IN5O.C6H5BCl2O3.2CH4/c1-16(19,20)6-22-15(27)25-4-8-10(5-25)23-14(21)24-13(8)12-9(18)2-7(17)3-11(12)26;1-10(11,12)4-15-9(19)18-2-5-6(3-18)16-8(14)17-7(5)13;8-3-1-4(9)6(7(11)12)5(10)2-3;;/h2-3,26H,4-6H2,1H3,(H,22,27)(H2,21,23,24);2-4H2,1H3,(H,15,19)(H2,14,16,17);1-2,10-12H;2*1H4. The molecule has 0 aliphatic carbocycles. The van der Waals surface area contributed by atoms with Crippen LogP contribution < -0.4 is 27.6 Å². The fraction of sp³-hybridized carbons (Fsp3) is 0.353. The Kier molecular flexibility index (Phi) is 18.4. The average molecular weight is 1040 g/mol. The molecule has 0 bridgehead atoms. The molecule has 4 aromatic rings. The van der Waals surface area contributed by atoms with Crippen molar-refractivity contribution in [3.05, 3.63) is 70.6 Å². The summed E-state index contributed by atoms with van der Waals surface area (Å²) in [4.78, 5) is 42.9. The number of halogens is 9. The Hall–Kier alpha value is -4.07. The van der Waals surface area contributed by atoms with Crippen molar-refractivity contribution >= 4 is 106 Å². The van der Waals surface area contributed by atoms with Crippen LogP contribution in [0.3, 0.4) is 0 Å². The molecular formula is C34H40BCl4F4IN10O6. The van der Waals surface area contributed by atoms with Gasteiger partial charge in [-0.25, -0.2) is 47.1 Å². The van der Waals surface area contributed by atoms with Crippen LogP contribution in [0, 0.1) is 3.70 Å². The van der Waals surface area contributed by atoms with Crippen molar-refractivity contribution in [2.75, 3.05) is 24.6 Å². The zero-order valence-electron chi connectivity index (χ0n) is 30.0. The number of carbonyl (C=O) groups is 2. The van der Waals surface area contributed by atoms with E-state index in [0.29, 0.717) is 34.1 Å². The SMILES string of the molecule is C.C.CC(F)(F)CNC(=O)N1Cc2nc(N)nc(-c3c(O)cc(Cl)cc3Cl)c2C1.CC(F)(F)CNC(=O)N1Cc2nc(N)nc(I)c2C1.OB(O)c1c(O)cc(Cl)cc1Cl. The average Bonchev–Trinajstić information content (AvgIpc) is 3.70. The molecule has 26 heteroatoms. The third-order valence-corrected chi connectivity index (χ3v) is 9.76. The molecule has 2 aromatic carbocycles. The largest absolute Gasteiger partial charge is 0.508 e. The molecule has 0 unspecified atom stereocenters. The van der Waals surface area contributed by atoms with Gasteiger partial charge in [-0.2, -0.15) is 0 Å². The van der Waals surface area contributed by atoms with Gasteiger partial charge in [-0.05, 0) is 46.9 Å². The van der Waals surface area contributed by atoms with Gasteiger partial charge in [-0.1, -0.05) is 61.3 Å². The zero-order valence-corrected chi connectivity index (χ0v) is 35.2. The summed E-state index contributed by atoms with van der Waals surface area (Å²) in [6.07, 6.45) is 0. The van der Waals surface area contributed by atoms with Crippen molar-refractivity contribution < 1.29 is 47.4 Å².